The molecule has 0 aliphatic carbocycles. The number of aliphatic hydroxyl groups is 1. The lowest BCUT2D eigenvalue weighted by atomic mass is 9.65. The molecule has 3 amide bonds. The molecule has 1 spiro atoms. The van der Waals surface area contributed by atoms with Crippen molar-refractivity contribution in [3.8, 4) is 5.75 Å². The van der Waals surface area contributed by atoms with Gasteiger partial charge in [0.05, 0.1) is 23.2 Å². The number of hydrogen-bond donors (Lipinski definition) is 1. The van der Waals surface area contributed by atoms with Gasteiger partial charge in [0.1, 0.15) is 11.8 Å². The number of amides is 3. The van der Waals surface area contributed by atoms with Crippen molar-refractivity contribution in [3.05, 3.63) is 73.8 Å². The summed E-state index contributed by atoms with van der Waals surface area (Å²) in [5, 5.41) is 9.72. The van der Waals surface area contributed by atoms with Gasteiger partial charge in [-0.1, -0.05) is 19.1 Å². The average molecular weight is 675 g/mol. The molecule has 3 aliphatic rings. The maximum absolute atomic E-state index is 15.0. The number of thioether (sulfide) groups is 1. The fraction of sp³-hybridized carbons (Fsp3) is 0.500. The Morgan fingerprint density at radius 3 is 2.06 bits per heavy atom. The van der Waals surface area contributed by atoms with Crippen LogP contribution >= 0.6 is 11.8 Å². The molecule has 2 aromatic rings. The largest absolute Gasteiger partial charge is 0.494 e. The lowest BCUT2D eigenvalue weighted by Crippen LogP contribution is -2.57. The van der Waals surface area contributed by atoms with Crippen molar-refractivity contribution in [1.29, 1.82) is 0 Å². The molecular formula is C38H50N4O5S. The van der Waals surface area contributed by atoms with Crippen molar-refractivity contribution in [2.24, 2.45) is 17.8 Å². The molecule has 10 heteroatoms. The topological polar surface area (TPSA) is 93.6 Å². The van der Waals surface area contributed by atoms with Gasteiger partial charge in [0, 0.05) is 61.6 Å². The highest BCUT2D eigenvalue weighted by atomic mass is 32.2. The van der Waals surface area contributed by atoms with Crippen molar-refractivity contribution < 1.29 is 24.2 Å². The molecule has 2 bridgehead atoms. The monoisotopic (exact) mass is 674 g/mol. The van der Waals surface area contributed by atoms with E-state index in [1.54, 1.807) is 38.6 Å². The second-order valence-electron chi connectivity index (χ2n) is 12.8. The van der Waals surface area contributed by atoms with Crippen LogP contribution in [0.4, 0.5) is 17.1 Å². The number of carbonyl (C=O) groups excluding carboxylic acids is 3. The SMILES string of the molecule is C=CCN(C(=O)C1N(CCCO)C(=O)[C@@H]2[C@H](C(=O)N(CC=C)c3ccc(OCC)cc3)[C@@H]3CC(C)C12S3)c1ccc(N(CC)CC)cc1. The van der Waals surface area contributed by atoms with Crippen molar-refractivity contribution in [2.45, 2.75) is 56.6 Å². The average Bonchev–Trinajstić information content (AvgIpc) is 3.69. The molecule has 3 unspecified atom stereocenters. The first-order chi connectivity index (χ1) is 23.2. The van der Waals surface area contributed by atoms with Crippen LogP contribution in [0.25, 0.3) is 0 Å². The molecule has 3 heterocycles. The van der Waals surface area contributed by atoms with Crippen molar-refractivity contribution in [1.82, 2.24) is 4.90 Å². The Balaban J connectivity index is 1.53. The summed E-state index contributed by atoms with van der Waals surface area (Å²) in [5.41, 5.74) is 2.51. The minimum absolute atomic E-state index is 0.0209. The predicted octanol–water partition coefficient (Wildman–Crippen LogP) is 5.39. The molecule has 2 aromatic carbocycles. The van der Waals surface area contributed by atoms with E-state index >= 15 is 0 Å². The minimum atomic E-state index is -0.787. The van der Waals surface area contributed by atoms with Crippen LogP contribution in [0.2, 0.25) is 0 Å². The third kappa shape index (κ3) is 6.13. The highest BCUT2D eigenvalue weighted by molar-refractivity contribution is 8.02. The third-order valence-electron chi connectivity index (χ3n) is 10.2. The van der Waals surface area contributed by atoms with Gasteiger partial charge < -0.3 is 29.4 Å². The highest BCUT2D eigenvalue weighted by Crippen LogP contribution is 2.69. The molecule has 0 saturated carbocycles. The molecule has 0 aromatic heterocycles. The summed E-state index contributed by atoms with van der Waals surface area (Å²) >= 11 is 1.66. The van der Waals surface area contributed by atoms with Crippen molar-refractivity contribution in [2.75, 3.05) is 60.6 Å². The molecular weight excluding hydrogens is 625 g/mol. The van der Waals surface area contributed by atoms with Crippen LogP contribution in [-0.4, -0.2) is 89.7 Å². The summed E-state index contributed by atoms with van der Waals surface area (Å²) in [6.45, 7) is 19.1. The van der Waals surface area contributed by atoms with E-state index in [4.69, 9.17) is 4.74 Å². The van der Waals surface area contributed by atoms with Gasteiger partial charge in [-0.25, -0.2) is 0 Å². The zero-order valence-electron chi connectivity index (χ0n) is 28.7. The number of benzene rings is 2. The van der Waals surface area contributed by atoms with E-state index < -0.39 is 22.6 Å². The standard InChI is InChI=1S/C38H50N4O5S/c1-7-21-40(29-17-19-30(20-18-29)47-11-5)35(44)32-31-25-26(6)38(48-31)33(32)36(45)42(23-12-24-43)34(38)37(46)41(22-8-2)28-15-13-27(14-16-28)39(9-3)10-4/h7-8,13-20,26,31-34,43H,1-2,9-12,21-25H2,3-6H3/t26?,31-,32+,33-,34?,38?/m0/s1. The zero-order chi connectivity index (χ0) is 34.6. The number of nitrogens with zero attached hydrogens (tertiary/aromatic N) is 4. The summed E-state index contributed by atoms with van der Waals surface area (Å²) in [6.07, 6.45) is 4.48. The second kappa shape index (κ2) is 15.2. The molecule has 9 nitrogen and oxygen atoms in total. The van der Waals surface area contributed by atoms with Gasteiger partial charge in [-0.15, -0.1) is 24.9 Å². The number of likely N-dealkylation sites (tertiary alicyclic amines) is 1. The van der Waals surface area contributed by atoms with Crippen LogP contribution in [0.15, 0.2) is 73.8 Å². The Labute approximate surface area is 289 Å². The Bertz CT molecular complexity index is 1480. The smallest absolute Gasteiger partial charge is 0.251 e. The van der Waals surface area contributed by atoms with Gasteiger partial charge in [0.2, 0.25) is 11.8 Å². The number of anilines is 3. The lowest BCUT2D eigenvalue weighted by molar-refractivity contribution is -0.139. The van der Waals surface area contributed by atoms with Crippen LogP contribution < -0.4 is 19.4 Å². The summed E-state index contributed by atoms with van der Waals surface area (Å²) in [7, 11) is 0. The van der Waals surface area contributed by atoms with Crippen molar-refractivity contribution >= 4 is 46.5 Å². The van der Waals surface area contributed by atoms with Gasteiger partial charge in [0.15, 0.2) is 0 Å². The maximum atomic E-state index is 15.0. The Morgan fingerprint density at radius 2 is 1.52 bits per heavy atom. The van der Waals surface area contributed by atoms with Crippen LogP contribution in [0.5, 0.6) is 5.75 Å². The summed E-state index contributed by atoms with van der Waals surface area (Å²) in [5.74, 6) is -1.01. The van der Waals surface area contributed by atoms with Crippen molar-refractivity contribution in [3.63, 3.8) is 0 Å². The number of rotatable bonds is 16. The normalized spacial score (nSPS) is 25.5. The quantitative estimate of drug-likeness (QED) is 0.239. The van der Waals surface area contributed by atoms with Crippen LogP contribution in [0.3, 0.4) is 0 Å². The summed E-state index contributed by atoms with van der Waals surface area (Å²) in [6, 6.07) is 14.6. The first-order valence-corrected chi connectivity index (χ1v) is 18.1. The highest BCUT2D eigenvalue weighted by Gasteiger charge is 2.76. The zero-order valence-corrected chi connectivity index (χ0v) is 29.5. The van der Waals surface area contributed by atoms with Crippen LogP contribution in [-0.2, 0) is 14.4 Å². The molecule has 3 fully saturated rings. The van der Waals surface area contributed by atoms with Gasteiger partial charge in [-0.2, -0.15) is 0 Å². The first kappa shape index (κ1) is 35.5. The van der Waals surface area contributed by atoms with E-state index in [-0.39, 0.29) is 55.1 Å². The van der Waals surface area contributed by atoms with Crippen LogP contribution in [0, 0.1) is 17.8 Å². The van der Waals surface area contributed by atoms with E-state index in [1.165, 1.54) is 0 Å². The fourth-order valence-corrected chi connectivity index (χ4v) is 10.5. The maximum Gasteiger partial charge on any atom is 0.251 e. The predicted molar refractivity (Wildman–Crippen MR) is 195 cm³/mol. The summed E-state index contributed by atoms with van der Waals surface area (Å²) < 4.78 is 4.83. The van der Waals surface area contributed by atoms with E-state index in [1.807, 2.05) is 55.5 Å². The van der Waals surface area contributed by atoms with Crippen LogP contribution in [0.1, 0.15) is 40.5 Å². The first-order valence-electron chi connectivity index (χ1n) is 17.2. The molecule has 258 valence electrons. The van der Waals surface area contributed by atoms with E-state index in [0.29, 0.717) is 24.5 Å². The van der Waals surface area contributed by atoms with E-state index in [0.717, 1.165) is 30.9 Å². The summed E-state index contributed by atoms with van der Waals surface area (Å²) in [4.78, 5) is 51.5. The number of ether oxygens (including phenoxy) is 1. The Kier molecular flexibility index (Phi) is 11.3. The number of fused-ring (bicyclic) bond motifs is 1. The molecule has 3 saturated heterocycles. The van der Waals surface area contributed by atoms with Gasteiger partial charge >= 0.3 is 0 Å². The molecule has 48 heavy (non-hydrogen) atoms. The third-order valence-corrected chi connectivity index (χ3v) is 12.3. The number of carbonyl (C=O) groups is 3. The van der Waals surface area contributed by atoms with E-state index in [2.05, 4.69) is 38.8 Å². The number of hydrogen-bond acceptors (Lipinski definition) is 7. The minimum Gasteiger partial charge on any atom is -0.494 e. The molecule has 0 radical (unpaired) electrons. The van der Waals surface area contributed by atoms with Gasteiger partial charge in [-0.3, -0.25) is 14.4 Å². The van der Waals surface area contributed by atoms with E-state index in [9.17, 15) is 19.5 Å². The number of aliphatic hydroxyl groups excluding tert-OH is 1. The Morgan fingerprint density at radius 1 is 0.958 bits per heavy atom. The molecule has 1 N–H and O–H groups in total. The lowest BCUT2D eigenvalue weighted by Gasteiger charge is -2.41. The molecule has 5 rings (SSSR count). The molecule has 6 atom stereocenters. The Hall–Kier alpha value is -3.76. The second-order valence-corrected chi connectivity index (χ2v) is 14.3. The molecule has 3 aliphatic heterocycles. The van der Waals surface area contributed by atoms with Gasteiger partial charge in [-0.05, 0) is 88.1 Å². The van der Waals surface area contributed by atoms with Gasteiger partial charge in [0.25, 0.3) is 5.91 Å². The fourth-order valence-electron chi connectivity index (χ4n) is 8.11.